The number of sulfonamides is 1. The van der Waals surface area contributed by atoms with Crippen LogP contribution >= 0.6 is 11.8 Å². The predicted molar refractivity (Wildman–Crippen MR) is 168 cm³/mol. The second kappa shape index (κ2) is 12.9. The van der Waals surface area contributed by atoms with E-state index < -0.39 is 10.0 Å². The van der Waals surface area contributed by atoms with E-state index in [1.165, 1.54) is 16.1 Å². The van der Waals surface area contributed by atoms with Gasteiger partial charge >= 0.3 is 0 Å². The van der Waals surface area contributed by atoms with Gasteiger partial charge in [-0.05, 0) is 68.8 Å². The summed E-state index contributed by atoms with van der Waals surface area (Å²) in [7, 11) is -3.68. The summed E-state index contributed by atoms with van der Waals surface area (Å²) in [6.07, 6.45) is 5.23. The van der Waals surface area contributed by atoms with Gasteiger partial charge in [0.15, 0.2) is 5.17 Å². The molecule has 0 spiro atoms. The van der Waals surface area contributed by atoms with Gasteiger partial charge in [-0.25, -0.2) is 13.1 Å². The first-order valence-corrected chi connectivity index (χ1v) is 16.6. The molecule has 2 aliphatic heterocycles. The summed E-state index contributed by atoms with van der Waals surface area (Å²) < 4.78 is 36.3. The molecule has 2 aromatic carbocycles. The zero-order valence-corrected chi connectivity index (χ0v) is 26.1. The Morgan fingerprint density at radius 1 is 1.02 bits per heavy atom. The minimum Gasteiger partial charge on any atom is -0.372 e. The molecule has 3 aromatic rings. The van der Waals surface area contributed by atoms with Crippen molar-refractivity contribution >= 4 is 38.9 Å². The molecule has 2 aliphatic rings. The summed E-state index contributed by atoms with van der Waals surface area (Å²) in [6, 6.07) is 16.6. The van der Waals surface area contributed by atoms with Crippen molar-refractivity contribution in [2.75, 3.05) is 26.2 Å². The zero-order chi connectivity index (χ0) is 29.9. The Kier molecular flexibility index (Phi) is 9.32. The zero-order valence-electron chi connectivity index (χ0n) is 24.4. The maximum absolute atomic E-state index is 13.6. The maximum atomic E-state index is 13.6. The van der Waals surface area contributed by atoms with E-state index in [0.717, 1.165) is 18.5 Å². The van der Waals surface area contributed by atoms with Crippen LogP contribution < -0.4 is 0 Å². The van der Waals surface area contributed by atoms with Crippen molar-refractivity contribution in [3.8, 4) is 16.9 Å². The molecule has 0 N–H and O–H groups in total. The second-order valence-corrected chi connectivity index (χ2v) is 13.6. The van der Waals surface area contributed by atoms with Gasteiger partial charge in [0.2, 0.25) is 10.0 Å². The Morgan fingerprint density at radius 2 is 1.71 bits per heavy atom. The van der Waals surface area contributed by atoms with E-state index in [9.17, 15) is 13.2 Å². The predicted octanol–water partition coefficient (Wildman–Crippen LogP) is 5.43. The number of ether oxygens (including phenoxy) is 1. The average molecular weight is 608 g/mol. The summed E-state index contributed by atoms with van der Waals surface area (Å²) in [5.74, 6) is -0.300. The second-order valence-electron chi connectivity index (χ2n) is 10.6. The molecule has 1 fully saturated rings. The number of morpholine rings is 1. The highest BCUT2D eigenvalue weighted by Gasteiger charge is 2.31. The van der Waals surface area contributed by atoms with Gasteiger partial charge in [0.1, 0.15) is 5.69 Å². The number of carbonyl (C=O) groups excluding carboxylic acids is 1. The van der Waals surface area contributed by atoms with Crippen molar-refractivity contribution in [3.05, 3.63) is 71.3 Å². The lowest BCUT2D eigenvalue weighted by Crippen LogP contribution is -2.47. The number of hydrogen-bond donors (Lipinski definition) is 0. The van der Waals surface area contributed by atoms with Crippen LogP contribution in [0.2, 0.25) is 0 Å². The van der Waals surface area contributed by atoms with Crippen molar-refractivity contribution in [2.45, 2.75) is 57.6 Å². The van der Waals surface area contributed by atoms with Gasteiger partial charge in [0, 0.05) is 43.5 Å². The van der Waals surface area contributed by atoms with Crippen LogP contribution in [0.25, 0.3) is 23.0 Å². The number of thioether (sulfide) groups is 1. The monoisotopic (exact) mass is 607 g/mol. The fraction of sp³-hybridized carbons (Fsp3) is 0.387. The van der Waals surface area contributed by atoms with Crippen LogP contribution in [0.4, 0.5) is 0 Å². The fourth-order valence-electron chi connectivity index (χ4n) is 5.24. The minimum absolute atomic E-state index is 0.0463. The number of carbonyl (C=O) groups is 1. The molecule has 222 valence electrons. The van der Waals surface area contributed by atoms with Crippen LogP contribution in [0.3, 0.4) is 0 Å². The number of amidine groups is 1. The topological polar surface area (TPSA) is 97.1 Å². The Hall–Kier alpha value is -3.25. The fourth-order valence-corrected chi connectivity index (χ4v) is 7.84. The molecule has 0 aliphatic carbocycles. The summed E-state index contributed by atoms with van der Waals surface area (Å²) >= 11 is 1.35. The third-order valence-corrected chi connectivity index (χ3v) is 9.98. The number of nitrogens with zero attached hydrogens (tertiary/aromatic N) is 5. The summed E-state index contributed by atoms with van der Waals surface area (Å²) in [4.78, 5) is 20.2. The van der Waals surface area contributed by atoms with E-state index >= 15 is 0 Å². The van der Waals surface area contributed by atoms with Gasteiger partial charge in [0.05, 0.1) is 27.7 Å². The smallest absolute Gasteiger partial charge is 0.286 e. The molecule has 0 saturated carbocycles. The van der Waals surface area contributed by atoms with Crippen molar-refractivity contribution < 1.29 is 17.9 Å². The minimum atomic E-state index is -3.68. The first kappa shape index (κ1) is 30.2. The molecule has 1 saturated heterocycles. The Balaban J connectivity index is 1.53. The summed E-state index contributed by atoms with van der Waals surface area (Å²) in [6.45, 7) is 10.2. The molecule has 3 heterocycles. The van der Waals surface area contributed by atoms with Gasteiger partial charge in [-0.15, -0.1) is 0 Å². The number of aromatic nitrogens is 2. The lowest BCUT2D eigenvalue weighted by atomic mass is 10.1. The third-order valence-electron chi connectivity index (χ3n) is 7.04. The van der Waals surface area contributed by atoms with E-state index in [1.807, 2.05) is 70.3 Å². The summed E-state index contributed by atoms with van der Waals surface area (Å²) in [5, 5.41) is 5.54. The first-order chi connectivity index (χ1) is 20.2. The van der Waals surface area contributed by atoms with E-state index in [0.29, 0.717) is 53.1 Å². The Bertz CT molecular complexity index is 1580. The molecule has 9 nitrogen and oxygen atoms in total. The lowest BCUT2D eigenvalue weighted by molar-refractivity contribution is -0.113. The van der Waals surface area contributed by atoms with Crippen molar-refractivity contribution in [3.63, 3.8) is 0 Å². The van der Waals surface area contributed by atoms with E-state index in [1.54, 1.807) is 29.0 Å². The lowest BCUT2D eigenvalue weighted by Gasteiger charge is -2.35. The van der Waals surface area contributed by atoms with Crippen LogP contribution in [0.1, 0.15) is 46.1 Å². The molecule has 1 aromatic heterocycles. The highest BCUT2D eigenvalue weighted by molar-refractivity contribution is 8.18. The van der Waals surface area contributed by atoms with E-state index in [4.69, 9.17) is 9.84 Å². The quantitative estimate of drug-likeness (QED) is 0.299. The van der Waals surface area contributed by atoms with Crippen molar-refractivity contribution in [1.82, 2.24) is 19.0 Å². The Morgan fingerprint density at radius 3 is 2.38 bits per heavy atom. The van der Waals surface area contributed by atoms with Gasteiger partial charge in [-0.2, -0.15) is 14.4 Å². The molecule has 1 amide bonds. The number of rotatable bonds is 9. The molecule has 0 bridgehead atoms. The molecule has 2 atom stereocenters. The number of para-hydroxylation sites is 1. The average Bonchev–Trinajstić information content (AvgIpc) is 3.56. The standard InChI is InChI=1S/C31H37N5O4S2/c1-5-15-35(16-6-2)42(38,39)27-14-10-11-24(17-27)29-25(21-36(33-29)26-12-8-7-9-13-26)18-28-30(37)32-31(41-28)34-19-22(3)40-23(4)20-34/h7-14,17-18,21-23H,5-6,15-16,19-20H2,1-4H3. The van der Waals surface area contributed by atoms with E-state index in [2.05, 4.69) is 9.89 Å². The van der Waals surface area contributed by atoms with Crippen LogP contribution in [-0.2, 0) is 19.6 Å². The highest BCUT2D eigenvalue weighted by atomic mass is 32.2. The van der Waals surface area contributed by atoms with Crippen molar-refractivity contribution in [2.24, 2.45) is 4.99 Å². The Labute approximate surface area is 252 Å². The van der Waals surface area contributed by atoms with Gasteiger partial charge < -0.3 is 9.64 Å². The molecule has 42 heavy (non-hydrogen) atoms. The largest absolute Gasteiger partial charge is 0.372 e. The SMILES string of the molecule is CCCN(CCC)S(=O)(=O)c1cccc(-c2nn(-c3ccccc3)cc2C=C2SC(N3CC(C)OC(C)C3)=NC2=O)c1. The normalized spacial score (nSPS) is 20.5. The first-order valence-electron chi connectivity index (χ1n) is 14.4. The van der Waals surface area contributed by atoms with Crippen LogP contribution in [0, 0.1) is 0 Å². The molecule has 0 radical (unpaired) electrons. The van der Waals surface area contributed by atoms with Crippen LogP contribution in [0.5, 0.6) is 0 Å². The molecule has 11 heteroatoms. The van der Waals surface area contributed by atoms with Crippen molar-refractivity contribution in [1.29, 1.82) is 0 Å². The molecule has 5 rings (SSSR count). The number of hydrogen-bond acceptors (Lipinski definition) is 7. The molecular formula is C31H37N5O4S2. The third kappa shape index (κ3) is 6.54. The molecular weight excluding hydrogens is 571 g/mol. The maximum Gasteiger partial charge on any atom is 0.286 e. The van der Waals surface area contributed by atoms with Gasteiger partial charge in [-0.1, -0.05) is 44.2 Å². The van der Waals surface area contributed by atoms with Gasteiger partial charge in [-0.3, -0.25) is 4.79 Å². The number of aliphatic imine (C=N–C) groups is 1. The van der Waals surface area contributed by atoms with Crippen LogP contribution in [-0.4, -0.2) is 76.9 Å². The number of amides is 1. The van der Waals surface area contributed by atoms with Crippen LogP contribution in [0.15, 0.2) is 75.6 Å². The highest BCUT2D eigenvalue weighted by Crippen LogP contribution is 2.35. The molecule has 2 unspecified atom stereocenters. The van der Waals surface area contributed by atoms with E-state index in [-0.39, 0.29) is 23.0 Å². The summed E-state index contributed by atoms with van der Waals surface area (Å²) in [5.41, 5.74) is 2.78. The van der Waals surface area contributed by atoms with Gasteiger partial charge in [0.25, 0.3) is 5.91 Å². The number of benzene rings is 2.